The standard InChI is InChI=1S/C16H14Cl2O4S/c1-11(19)2-3-12-4-7-14(8-5-12)22-23(20,21)16-10-13(17)6-9-15(16)18/h4-10H,2-3H2,1H3. The largest absolute Gasteiger partial charge is 0.379 e. The molecule has 122 valence electrons. The predicted molar refractivity (Wildman–Crippen MR) is 89.7 cm³/mol. The van der Waals surface area contributed by atoms with Crippen LogP contribution in [0.5, 0.6) is 5.75 Å². The normalized spacial score (nSPS) is 11.3. The first-order valence-electron chi connectivity index (χ1n) is 6.76. The molecule has 7 heteroatoms. The average Bonchev–Trinajstić information content (AvgIpc) is 2.48. The summed E-state index contributed by atoms with van der Waals surface area (Å²) in [5, 5.41) is 0.281. The molecule has 0 amide bonds. The van der Waals surface area contributed by atoms with Crippen molar-refractivity contribution >= 4 is 39.1 Å². The zero-order valence-corrected chi connectivity index (χ0v) is 14.6. The number of ketones is 1. The summed E-state index contributed by atoms with van der Waals surface area (Å²) in [6.07, 6.45) is 1.04. The molecule has 4 nitrogen and oxygen atoms in total. The number of hydrogen-bond donors (Lipinski definition) is 0. The highest BCUT2D eigenvalue weighted by Crippen LogP contribution is 2.28. The van der Waals surface area contributed by atoms with Crippen molar-refractivity contribution in [1.29, 1.82) is 0 Å². The van der Waals surface area contributed by atoms with Gasteiger partial charge in [-0.15, -0.1) is 0 Å². The third-order valence-electron chi connectivity index (χ3n) is 3.06. The second-order valence-electron chi connectivity index (χ2n) is 4.96. The van der Waals surface area contributed by atoms with E-state index in [1.54, 1.807) is 12.1 Å². The molecule has 0 aromatic heterocycles. The van der Waals surface area contributed by atoms with Gasteiger partial charge in [0.2, 0.25) is 0 Å². The molecule has 2 rings (SSSR count). The minimum Gasteiger partial charge on any atom is -0.379 e. The van der Waals surface area contributed by atoms with Crippen LogP contribution in [0.4, 0.5) is 0 Å². The van der Waals surface area contributed by atoms with Crippen LogP contribution < -0.4 is 4.18 Å². The van der Waals surface area contributed by atoms with E-state index in [0.29, 0.717) is 12.8 Å². The number of aryl methyl sites for hydroxylation is 1. The molecule has 0 spiro atoms. The Balaban J connectivity index is 2.17. The fraction of sp³-hybridized carbons (Fsp3) is 0.188. The lowest BCUT2D eigenvalue weighted by molar-refractivity contribution is -0.116. The van der Waals surface area contributed by atoms with Crippen LogP contribution in [0.2, 0.25) is 10.0 Å². The van der Waals surface area contributed by atoms with Gasteiger partial charge in [0.05, 0.1) is 5.02 Å². The zero-order valence-electron chi connectivity index (χ0n) is 12.3. The Morgan fingerprint density at radius 2 is 1.74 bits per heavy atom. The van der Waals surface area contributed by atoms with Crippen LogP contribution >= 0.6 is 23.2 Å². The molecule has 23 heavy (non-hydrogen) atoms. The highest BCUT2D eigenvalue weighted by molar-refractivity contribution is 7.87. The smallest absolute Gasteiger partial charge is 0.340 e. The molecule has 0 bridgehead atoms. The molecular formula is C16H14Cl2O4S. The third-order valence-corrected chi connectivity index (χ3v) is 5.02. The summed E-state index contributed by atoms with van der Waals surface area (Å²) < 4.78 is 29.6. The Morgan fingerprint density at radius 1 is 1.09 bits per heavy atom. The summed E-state index contributed by atoms with van der Waals surface area (Å²) in [7, 11) is -4.08. The zero-order chi connectivity index (χ0) is 17.0. The van der Waals surface area contributed by atoms with E-state index < -0.39 is 10.1 Å². The van der Waals surface area contributed by atoms with Crippen molar-refractivity contribution in [2.45, 2.75) is 24.7 Å². The van der Waals surface area contributed by atoms with Crippen molar-refractivity contribution < 1.29 is 17.4 Å². The number of Topliss-reactive ketones (excluding diaryl/α,β-unsaturated/α-hetero) is 1. The van der Waals surface area contributed by atoms with Gasteiger partial charge in [-0.3, -0.25) is 0 Å². The maximum atomic E-state index is 12.3. The van der Waals surface area contributed by atoms with E-state index in [-0.39, 0.29) is 26.5 Å². The van der Waals surface area contributed by atoms with Crippen molar-refractivity contribution in [2.75, 3.05) is 0 Å². The summed E-state index contributed by atoms with van der Waals surface area (Å²) in [6, 6.07) is 10.6. The molecule has 0 radical (unpaired) electrons. The third kappa shape index (κ3) is 4.96. The highest BCUT2D eigenvalue weighted by Gasteiger charge is 2.20. The molecule has 0 aliphatic carbocycles. The van der Waals surface area contributed by atoms with Gasteiger partial charge >= 0.3 is 10.1 Å². The molecule has 0 aliphatic heterocycles. The van der Waals surface area contributed by atoms with Crippen molar-refractivity contribution in [3.63, 3.8) is 0 Å². The van der Waals surface area contributed by atoms with Gasteiger partial charge in [-0.2, -0.15) is 8.42 Å². The summed E-state index contributed by atoms with van der Waals surface area (Å²) in [4.78, 5) is 10.8. The Morgan fingerprint density at radius 3 is 2.35 bits per heavy atom. The molecular weight excluding hydrogens is 359 g/mol. The first-order valence-corrected chi connectivity index (χ1v) is 8.92. The van der Waals surface area contributed by atoms with Crippen LogP contribution in [0.1, 0.15) is 18.9 Å². The topological polar surface area (TPSA) is 60.4 Å². The van der Waals surface area contributed by atoms with Crippen molar-refractivity contribution in [2.24, 2.45) is 0 Å². The number of halogens is 2. The number of carbonyl (C=O) groups is 1. The lowest BCUT2D eigenvalue weighted by Gasteiger charge is -2.09. The van der Waals surface area contributed by atoms with Crippen LogP contribution in [0.15, 0.2) is 47.4 Å². The van der Waals surface area contributed by atoms with E-state index in [9.17, 15) is 13.2 Å². The van der Waals surface area contributed by atoms with Gasteiger partial charge < -0.3 is 8.98 Å². The summed E-state index contributed by atoms with van der Waals surface area (Å²) in [5.41, 5.74) is 0.922. The molecule has 0 fully saturated rings. The van der Waals surface area contributed by atoms with E-state index in [1.807, 2.05) is 0 Å². The summed E-state index contributed by atoms with van der Waals surface area (Å²) in [5.74, 6) is 0.260. The average molecular weight is 373 g/mol. The van der Waals surface area contributed by atoms with Crippen LogP contribution in [-0.2, 0) is 21.3 Å². The van der Waals surface area contributed by atoms with Gasteiger partial charge in [0.15, 0.2) is 0 Å². The maximum absolute atomic E-state index is 12.3. The van der Waals surface area contributed by atoms with Crippen LogP contribution in [0.25, 0.3) is 0 Å². The molecule has 0 N–H and O–H groups in total. The summed E-state index contributed by atoms with van der Waals surface area (Å²) >= 11 is 11.7. The number of carbonyl (C=O) groups excluding carboxylic acids is 1. The predicted octanol–water partition coefficient (Wildman–Crippen LogP) is 4.28. The molecule has 2 aromatic rings. The molecule has 0 saturated heterocycles. The molecule has 0 saturated carbocycles. The van der Waals surface area contributed by atoms with Crippen molar-refractivity contribution in [3.8, 4) is 5.75 Å². The lowest BCUT2D eigenvalue weighted by Crippen LogP contribution is -2.10. The van der Waals surface area contributed by atoms with Crippen LogP contribution in [-0.4, -0.2) is 14.2 Å². The minimum absolute atomic E-state index is 0.0347. The van der Waals surface area contributed by atoms with Crippen molar-refractivity contribution in [1.82, 2.24) is 0 Å². The van der Waals surface area contributed by atoms with Gasteiger partial charge in [0.1, 0.15) is 16.4 Å². The van der Waals surface area contributed by atoms with E-state index in [1.165, 1.54) is 37.3 Å². The number of rotatable bonds is 6. The first-order chi connectivity index (χ1) is 10.8. The fourth-order valence-electron chi connectivity index (χ4n) is 1.87. The molecule has 0 atom stereocenters. The molecule has 0 aliphatic rings. The second kappa shape index (κ2) is 7.34. The van der Waals surface area contributed by atoms with Gasteiger partial charge in [-0.05, 0) is 49.2 Å². The minimum atomic E-state index is -4.08. The Bertz CT molecular complexity index is 814. The molecule has 0 heterocycles. The fourth-order valence-corrected chi connectivity index (χ4v) is 3.54. The van der Waals surface area contributed by atoms with Crippen molar-refractivity contribution in [3.05, 3.63) is 58.1 Å². The first kappa shape index (κ1) is 17.8. The van der Waals surface area contributed by atoms with Crippen LogP contribution in [0, 0.1) is 0 Å². The van der Waals surface area contributed by atoms with Gasteiger partial charge in [-0.1, -0.05) is 35.3 Å². The van der Waals surface area contributed by atoms with E-state index in [2.05, 4.69) is 0 Å². The number of hydrogen-bond acceptors (Lipinski definition) is 4. The van der Waals surface area contributed by atoms with E-state index >= 15 is 0 Å². The lowest BCUT2D eigenvalue weighted by atomic mass is 10.1. The maximum Gasteiger partial charge on any atom is 0.340 e. The molecule has 2 aromatic carbocycles. The van der Waals surface area contributed by atoms with E-state index in [4.69, 9.17) is 27.4 Å². The molecule has 0 unspecified atom stereocenters. The second-order valence-corrected chi connectivity index (χ2v) is 7.32. The quantitative estimate of drug-likeness (QED) is 0.709. The Hall–Kier alpha value is -1.56. The Labute approximate surface area is 145 Å². The SMILES string of the molecule is CC(=O)CCc1ccc(OS(=O)(=O)c2cc(Cl)ccc2Cl)cc1. The Kier molecular flexibility index (Phi) is 5.68. The van der Waals surface area contributed by atoms with Gasteiger partial charge in [0, 0.05) is 11.4 Å². The summed E-state index contributed by atoms with van der Waals surface area (Å²) in [6.45, 7) is 1.53. The monoisotopic (exact) mass is 372 g/mol. The van der Waals surface area contributed by atoms with E-state index in [0.717, 1.165) is 5.56 Å². The van der Waals surface area contributed by atoms with Gasteiger partial charge in [0.25, 0.3) is 0 Å². The highest BCUT2D eigenvalue weighted by atomic mass is 35.5. The van der Waals surface area contributed by atoms with Crippen LogP contribution in [0.3, 0.4) is 0 Å². The van der Waals surface area contributed by atoms with Gasteiger partial charge in [-0.25, -0.2) is 0 Å². The number of benzene rings is 2.